The summed E-state index contributed by atoms with van der Waals surface area (Å²) in [5, 5.41) is 1.39. The number of rotatable bonds is 2. The third-order valence-electron chi connectivity index (χ3n) is 5.71. The van der Waals surface area contributed by atoms with Gasteiger partial charge in [-0.25, -0.2) is 0 Å². The summed E-state index contributed by atoms with van der Waals surface area (Å²) >= 11 is 0. The Morgan fingerprint density at radius 2 is 2.00 bits per heavy atom. The number of aromatic nitrogens is 2. The van der Waals surface area contributed by atoms with Crippen molar-refractivity contribution in [3.05, 3.63) is 64.6 Å². The molecule has 0 radical (unpaired) electrons. The second-order valence-electron chi connectivity index (χ2n) is 7.78. The molecule has 0 saturated heterocycles. The Morgan fingerprint density at radius 3 is 2.73 bits per heavy atom. The molecule has 3 nitrogen and oxygen atoms in total. The van der Waals surface area contributed by atoms with E-state index >= 15 is 0 Å². The van der Waals surface area contributed by atoms with Gasteiger partial charge >= 0.3 is 0 Å². The summed E-state index contributed by atoms with van der Waals surface area (Å²) in [5.41, 5.74) is 9.04. The number of benzene rings is 1. The van der Waals surface area contributed by atoms with Crippen molar-refractivity contribution < 1.29 is 0 Å². The predicted octanol–water partition coefficient (Wildman–Crippen LogP) is 5.05. The van der Waals surface area contributed by atoms with Crippen molar-refractivity contribution >= 4 is 22.7 Å². The van der Waals surface area contributed by atoms with Crippen molar-refractivity contribution in [2.45, 2.75) is 46.7 Å². The van der Waals surface area contributed by atoms with Crippen molar-refractivity contribution in [3.63, 3.8) is 0 Å². The van der Waals surface area contributed by atoms with Crippen LogP contribution in [0.5, 0.6) is 0 Å². The number of allylic oxidation sites excluding steroid dienone is 1. The highest BCUT2D eigenvalue weighted by molar-refractivity contribution is 5.90. The summed E-state index contributed by atoms with van der Waals surface area (Å²) in [6, 6.07) is 11.6. The summed E-state index contributed by atoms with van der Waals surface area (Å²) < 4.78 is 2.42. The van der Waals surface area contributed by atoms with Gasteiger partial charge in [0.1, 0.15) is 0 Å². The summed E-state index contributed by atoms with van der Waals surface area (Å²) in [4.78, 5) is 6.91. The minimum absolute atomic E-state index is 0.557. The summed E-state index contributed by atoms with van der Waals surface area (Å²) in [6.45, 7) is 9.71. The van der Waals surface area contributed by atoms with Crippen LogP contribution in [0.25, 0.3) is 22.7 Å². The minimum Gasteiger partial charge on any atom is -0.320 e. The van der Waals surface area contributed by atoms with E-state index in [1.165, 1.54) is 38.9 Å². The highest BCUT2D eigenvalue weighted by atomic mass is 15.1. The minimum atomic E-state index is 0.557. The van der Waals surface area contributed by atoms with E-state index in [2.05, 4.69) is 78.8 Å². The number of likely N-dealkylation sites (N-methyl/N-ethyl adjacent to an activating group) is 1. The van der Waals surface area contributed by atoms with Crippen LogP contribution in [0.2, 0.25) is 0 Å². The quantitative estimate of drug-likeness (QED) is 0.648. The Bertz CT molecular complexity index is 992. The van der Waals surface area contributed by atoms with E-state index in [-0.39, 0.29) is 0 Å². The predicted molar refractivity (Wildman–Crippen MR) is 110 cm³/mol. The van der Waals surface area contributed by atoms with Gasteiger partial charge < -0.3 is 4.57 Å². The molecule has 1 aliphatic heterocycles. The maximum atomic E-state index is 4.46. The molecule has 1 aliphatic rings. The average molecular weight is 345 g/mol. The van der Waals surface area contributed by atoms with Crippen LogP contribution in [0.15, 0.2) is 36.5 Å². The SMILES string of the molecule is C/C(=C/n1c2c(c3cc(C)ccc31)CN(C)C(C)C2)c1ccc(C)nc1. The molecule has 1 atom stereocenters. The van der Waals surface area contributed by atoms with Gasteiger partial charge in [0, 0.05) is 48.2 Å². The van der Waals surface area contributed by atoms with Gasteiger partial charge in [-0.2, -0.15) is 0 Å². The molecule has 26 heavy (non-hydrogen) atoms. The van der Waals surface area contributed by atoms with Crippen LogP contribution in [0, 0.1) is 13.8 Å². The molecule has 4 rings (SSSR count). The monoisotopic (exact) mass is 345 g/mol. The molecule has 0 amide bonds. The van der Waals surface area contributed by atoms with Gasteiger partial charge in [-0.15, -0.1) is 0 Å². The van der Waals surface area contributed by atoms with E-state index in [1.54, 1.807) is 0 Å². The molecule has 1 aromatic carbocycles. The molecule has 0 spiro atoms. The fraction of sp³-hybridized carbons (Fsp3) is 0.348. The van der Waals surface area contributed by atoms with Crippen LogP contribution in [-0.2, 0) is 13.0 Å². The lowest BCUT2D eigenvalue weighted by molar-refractivity contribution is 0.230. The first-order valence-corrected chi connectivity index (χ1v) is 9.38. The molecule has 2 aromatic heterocycles. The average Bonchev–Trinajstić information content (AvgIpc) is 2.88. The third-order valence-corrected chi connectivity index (χ3v) is 5.71. The number of hydrogen-bond donors (Lipinski definition) is 0. The number of pyridine rings is 1. The smallest absolute Gasteiger partial charge is 0.0529 e. The topological polar surface area (TPSA) is 21.1 Å². The van der Waals surface area contributed by atoms with Crippen LogP contribution < -0.4 is 0 Å². The number of aryl methyl sites for hydroxylation is 2. The standard InChI is InChI=1S/C23H27N3/c1-15-6-9-22-20(10-15)21-14-25(5)18(4)11-23(21)26(22)13-16(2)19-8-7-17(3)24-12-19/h6-10,12-13,18H,11,14H2,1-5H3/b16-13-. The lowest BCUT2D eigenvalue weighted by Gasteiger charge is -2.30. The van der Waals surface area contributed by atoms with Crippen LogP contribution in [0.1, 0.15) is 41.9 Å². The van der Waals surface area contributed by atoms with Crippen molar-refractivity contribution in [1.82, 2.24) is 14.5 Å². The van der Waals surface area contributed by atoms with Gasteiger partial charge in [0.05, 0.1) is 5.52 Å². The van der Waals surface area contributed by atoms with Gasteiger partial charge in [-0.05, 0) is 69.6 Å². The van der Waals surface area contributed by atoms with Crippen molar-refractivity contribution in [3.8, 4) is 0 Å². The van der Waals surface area contributed by atoms with E-state index in [0.29, 0.717) is 6.04 Å². The van der Waals surface area contributed by atoms with E-state index in [0.717, 1.165) is 18.7 Å². The van der Waals surface area contributed by atoms with Crippen LogP contribution in [-0.4, -0.2) is 27.5 Å². The Labute approximate surface area is 156 Å². The van der Waals surface area contributed by atoms with E-state index in [1.807, 2.05) is 13.1 Å². The molecule has 134 valence electrons. The first-order chi connectivity index (χ1) is 12.4. The molecule has 0 aliphatic carbocycles. The molecule has 0 bridgehead atoms. The first-order valence-electron chi connectivity index (χ1n) is 9.38. The first kappa shape index (κ1) is 17.0. The van der Waals surface area contributed by atoms with E-state index in [4.69, 9.17) is 0 Å². The van der Waals surface area contributed by atoms with Gasteiger partial charge in [0.25, 0.3) is 0 Å². The lowest BCUT2D eigenvalue weighted by atomic mass is 9.99. The molecular formula is C23H27N3. The second-order valence-corrected chi connectivity index (χ2v) is 7.78. The number of fused-ring (bicyclic) bond motifs is 3. The summed E-state index contributed by atoms with van der Waals surface area (Å²) in [6.07, 6.45) is 5.34. The third kappa shape index (κ3) is 2.86. The Hall–Kier alpha value is -2.39. The van der Waals surface area contributed by atoms with Gasteiger partial charge in [0.2, 0.25) is 0 Å². The van der Waals surface area contributed by atoms with Gasteiger partial charge in [0.15, 0.2) is 0 Å². The summed E-state index contributed by atoms with van der Waals surface area (Å²) in [5.74, 6) is 0. The molecule has 1 unspecified atom stereocenters. The zero-order chi connectivity index (χ0) is 18.4. The summed E-state index contributed by atoms with van der Waals surface area (Å²) in [7, 11) is 2.23. The maximum Gasteiger partial charge on any atom is 0.0529 e. The molecule has 0 N–H and O–H groups in total. The molecule has 3 heterocycles. The Morgan fingerprint density at radius 1 is 1.19 bits per heavy atom. The van der Waals surface area contributed by atoms with Crippen molar-refractivity contribution in [1.29, 1.82) is 0 Å². The van der Waals surface area contributed by atoms with Gasteiger partial charge in [-0.1, -0.05) is 17.7 Å². The fourth-order valence-electron chi connectivity index (χ4n) is 3.90. The van der Waals surface area contributed by atoms with E-state index in [9.17, 15) is 0 Å². The largest absolute Gasteiger partial charge is 0.320 e. The number of hydrogen-bond acceptors (Lipinski definition) is 2. The van der Waals surface area contributed by atoms with Crippen LogP contribution in [0.4, 0.5) is 0 Å². The molecule has 0 fully saturated rings. The Kier molecular flexibility index (Phi) is 4.20. The fourth-order valence-corrected chi connectivity index (χ4v) is 3.90. The molecule has 3 heteroatoms. The highest BCUT2D eigenvalue weighted by Crippen LogP contribution is 2.34. The van der Waals surface area contributed by atoms with Crippen LogP contribution in [0.3, 0.4) is 0 Å². The molecular weight excluding hydrogens is 318 g/mol. The zero-order valence-corrected chi connectivity index (χ0v) is 16.4. The second kappa shape index (κ2) is 6.40. The highest BCUT2D eigenvalue weighted by Gasteiger charge is 2.26. The van der Waals surface area contributed by atoms with E-state index < -0.39 is 0 Å². The Balaban J connectivity index is 1.90. The normalized spacial score (nSPS) is 18.3. The molecule has 3 aromatic rings. The lowest BCUT2D eigenvalue weighted by Crippen LogP contribution is -2.35. The molecule has 0 saturated carbocycles. The van der Waals surface area contributed by atoms with Crippen molar-refractivity contribution in [2.75, 3.05) is 7.05 Å². The van der Waals surface area contributed by atoms with Crippen molar-refractivity contribution in [2.24, 2.45) is 0 Å². The number of nitrogens with zero attached hydrogens (tertiary/aromatic N) is 3. The maximum absolute atomic E-state index is 4.46. The van der Waals surface area contributed by atoms with Gasteiger partial charge in [-0.3, -0.25) is 9.88 Å². The zero-order valence-electron chi connectivity index (χ0n) is 16.4. The van der Waals surface area contributed by atoms with Crippen LogP contribution >= 0.6 is 0 Å².